The third-order valence-corrected chi connectivity index (χ3v) is 6.23. The van der Waals surface area contributed by atoms with Crippen LogP contribution in [0.4, 0.5) is 27.8 Å². The van der Waals surface area contributed by atoms with Crippen LogP contribution in [-0.2, 0) is 0 Å². The molecule has 2 aromatic rings. The second-order valence-corrected chi connectivity index (χ2v) is 8.41. The molecule has 0 saturated carbocycles. The van der Waals surface area contributed by atoms with E-state index < -0.39 is 41.8 Å². The molecule has 1 aliphatic heterocycles. The zero-order valence-corrected chi connectivity index (χ0v) is 17.9. The first-order chi connectivity index (χ1) is 14.9. The number of likely N-dealkylation sites (tertiary alicyclic amines) is 1. The molecule has 2 amide bonds. The molecule has 0 aliphatic carbocycles. The van der Waals surface area contributed by atoms with Gasteiger partial charge in [-0.3, -0.25) is 9.59 Å². The van der Waals surface area contributed by atoms with Crippen LogP contribution >= 0.6 is 11.3 Å². The van der Waals surface area contributed by atoms with Crippen molar-refractivity contribution in [2.75, 3.05) is 11.9 Å². The van der Waals surface area contributed by atoms with Crippen LogP contribution in [0.15, 0.2) is 12.3 Å². The van der Waals surface area contributed by atoms with Gasteiger partial charge in [0.15, 0.2) is 5.01 Å². The number of hydrogen-bond acceptors (Lipinski definition) is 6. The summed E-state index contributed by atoms with van der Waals surface area (Å²) in [4.78, 5) is 34.0. The summed E-state index contributed by atoms with van der Waals surface area (Å²) < 4.78 is 66.1. The Hall–Kier alpha value is -2.83. The SMILES string of the molecule is C[C@H](Nc1cc(C(F)F)c(-c2sc(C(N)=O)nc2C(=O)N2CCC[C@@H]2C)cn1)C(F)(F)F. The molecule has 0 bridgehead atoms. The van der Waals surface area contributed by atoms with Crippen molar-refractivity contribution in [1.29, 1.82) is 0 Å². The molecule has 13 heteroatoms. The molecule has 3 heterocycles. The number of hydrogen-bond donors (Lipinski definition) is 2. The Bertz CT molecular complexity index is 1030. The van der Waals surface area contributed by atoms with E-state index in [-0.39, 0.29) is 27.2 Å². The molecular formula is C19H20F5N5O2S. The molecule has 1 aliphatic rings. The molecule has 3 N–H and O–H groups in total. The first-order valence-electron chi connectivity index (χ1n) is 9.63. The van der Waals surface area contributed by atoms with E-state index in [2.05, 4.69) is 9.97 Å². The lowest BCUT2D eigenvalue weighted by Crippen LogP contribution is -2.34. The highest BCUT2D eigenvalue weighted by Gasteiger charge is 2.37. The van der Waals surface area contributed by atoms with E-state index in [4.69, 9.17) is 5.73 Å². The van der Waals surface area contributed by atoms with Crippen LogP contribution in [0, 0.1) is 0 Å². The maximum absolute atomic E-state index is 13.8. The third-order valence-electron chi connectivity index (χ3n) is 5.13. The van der Waals surface area contributed by atoms with Gasteiger partial charge < -0.3 is 16.0 Å². The van der Waals surface area contributed by atoms with E-state index in [1.807, 2.05) is 12.2 Å². The number of halogens is 5. The topological polar surface area (TPSA) is 101 Å². The Labute approximate surface area is 183 Å². The molecule has 1 fully saturated rings. The van der Waals surface area contributed by atoms with E-state index >= 15 is 0 Å². The Balaban J connectivity index is 2.08. The average molecular weight is 477 g/mol. The highest BCUT2D eigenvalue weighted by atomic mass is 32.1. The number of amides is 2. The van der Waals surface area contributed by atoms with Crippen molar-refractivity contribution in [1.82, 2.24) is 14.9 Å². The lowest BCUT2D eigenvalue weighted by molar-refractivity contribution is -0.138. The summed E-state index contributed by atoms with van der Waals surface area (Å²) in [6, 6.07) is -1.33. The van der Waals surface area contributed by atoms with Crippen LogP contribution in [-0.4, -0.2) is 51.5 Å². The Kier molecular flexibility index (Phi) is 6.67. The molecule has 0 aromatic carbocycles. The van der Waals surface area contributed by atoms with Gasteiger partial charge in [-0.1, -0.05) is 0 Å². The van der Waals surface area contributed by atoms with Gasteiger partial charge in [0.2, 0.25) is 0 Å². The van der Waals surface area contributed by atoms with Crippen molar-refractivity contribution in [3.8, 4) is 10.4 Å². The first kappa shape index (κ1) is 23.8. The van der Waals surface area contributed by atoms with E-state index in [0.717, 1.165) is 32.0 Å². The van der Waals surface area contributed by atoms with Gasteiger partial charge in [0, 0.05) is 29.9 Å². The van der Waals surface area contributed by atoms with E-state index in [1.165, 1.54) is 4.90 Å². The van der Waals surface area contributed by atoms with Crippen molar-refractivity contribution >= 4 is 29.0 Å². The van der Waals surface area contributed by atoms with Crippen molar-refractivity contribution < 1.29 is 31.5 Å². The van der Waals surface area contributed by atoms with Gasteiger partial charge >= 0.3 is 6.18 Å². The van der Waals surface area contributed by atoms with Crippen molar-refractivity contribution in [2.24, 2.45) is 5.73 Å². The van der Waals surface area contributed by atoms with Crippen molar-refractivity contribution in [3.05, 3.63) is 28.5 Å². The average Bonchev–Trinajstić information content (AvgIpc) is 3.33. The van der Waals surface area contributed by atoms with E-state index in [9.17, 15) is 31.5 Å². The minimum Gasteiger partial charge on any atom is -0.364 e. The Morgan fingerprint density at radius 3 is 2.56 bits per heavy atom. The molecular weight excluding hydrogens is 457 g/mol. The Morgan fingerprint density at radius 2 is 2.03 bits per heavy atom. The summed E-state index contributed by atoms with van der Waals surface area (Å²) in [7, 11) is 0. The van der Waals surface area contributed by atoms with Crippen LogP contribution in [0.25, 0.3) is 10.4 Å². The second kappa shape index (κ2) is 8.96. The predicted molar refractivity (Wildman–Crippen MR) is 108 cm³/mol. The number of carbonyl (C=O) groups excluding carboxylic acids is 2. The van der Waals surface area contributed by atoms with Crippen LogP contribution in [0.2, 0.25) is 0 Å². The monoisotopic (exact) mass is 477 g/mol. The quantitative estimate of drug-likeness (QED) is 0.607. The number of carbonyl (C=O) groups is 2. The predicted octanol–water partition coefficient (Wildman–Crippen LogP) is 4.23. The highest BCUT2D eigenvalue weighted by Crippen LogP contribution is 2.39. The molecule has 0 unspecified atom stereocenters. The molecule has 174 valence electrons. The largest absolute Gasteiger partial charge is 0.408 e. The van der Waals surface area contributed by atoms with Gasteiger partial charge in [-0.05, 0) is 32.8 Å². The summed E-state index contributed by atoms with van der Waals surface area (Å²) in [5.41, 5.74) is 4.20. The van der Waals surface area contributed by atoms with Crippen LogP contribution in [0.1, 0.15) is 59.0 Å². The minimum absolute atomic E-state index is 0.0406. The molecule has 1 saturated heterocycles. The fourth-order valence-corrected chi connectivity index (χ4v) is 4.29. The van der Waals surface area contributed by atoms with E-state index in [1.54, 1.807) is 0 Å². The van der Waals surface area contributed by atoms with Gasteiger partial charge in [0.05, 0.1) is 4.88 Å². The van der Waals surface area contributed by atoms with Crippen LogP contribution in [0.5, 0.6) is 0 Å². The summed E-state index contributed by atoms with van der Waals surface area (Å²) in [6.07, 6.45) is -5.24. The van der Waals surface area contributed by atoms with Gasteiger partial charge in [-0.2, -0.15) is 13.2 Å². The zero-order chi connectivity index (χ0) is 23.8. The van der Waals surface area contributed by atoms with Gasteiger partial charge in [-0.15, -0.1) is 11.3 Å². The highest BCUT2D eigenvalue weighted by molar-refractivity contribution is 7.17. The van der Waals surface area contributed by atoms with E-state index in [0.29, 0.717) is 17.9 Å². The smallest absolute Gasteiger partial charge is 0.364 e. The van der Waals surface area contributed by atoms with Crippen LogP contribution in [0.3, 0.4) is 0 Å². The molecule has 0 radical (unpaired) electrons. The molecule has 3 rings (SSSR count). The lowest BCUT2D eigenvalue weighted by atomic mass is 10.1. The van der Waals surface area contributed by atoms with Gasteiger partial charge in [0.1, 0.15) is 17.6 Å². The number of thiazole rings is 1. The number of nitrogens with one attached hydrogen (secondary N) is 1. The Morgan fingerprint density at radius 1 is 1.34 bits per heavy atom. The number of pyridine rings is 1. The number of nitrogens with zero attached hydrogens (tertiary/aromatic N) is 3. The molecule has 32 heavy (non-hydrogen) atoms. The van der Waals surface area contributed by atoms with Crippen molar-refractivity contribution in [2.45, 2.75) is 51.4 Å². The minimum atomic E-state index is -4.61. The number of primary amides is 1. The van der Waals surface area contributed by atoms with Gasteiger partial charge in [-0.25, -0.2) is 18.7 Å². The molecule has 2 atom stereocenters. The lowest BCUT2D eigenvalue weighted by Gasteiger charge is -2.21. The molecule has 0 spiro atoms. The first-order valence-corrected chi connectivity index (χ1v) is 10.4. The summed E-state index contributed by atoms with van der Waals surface area (Å²) >= 11 is 0.658. The number of alkyl halides is 5. The number of rotatable bonds is 6. The standard InChI is InChI=1S/C19H20F5N5O2S/c1-8-4-3-5-29(8)18(31)13-14(32-17(28-13)16(25)30)11-7-26-12(6-10(11)15(20)21)27-9(2)19(22,23)24/h6-9,15H,3-5H2,1-2H3,(H2,25,30)(H,26,27)/t8-,9-/m0/s1. The number of nitrogens with two attached hydrogens (primary N) is 1. The number of aromatic nitrogens is 2. The fraction of sp³-hybridized carbons (Fsp3) is 0.474. The number of anilines is 1. The third kappa shape index (κ3) is 4.81. The summed E-state index contributed by atoms with van der Waals surface area (Å²) in [5.74, 6) is -1.88. The zero-order valence-electron chi connectivity index (χ0n) is 17.0. The van der Waals surface area contributed by atoms with Crippen molar-refractivity contribution in [3.63, 3.8) is 0 Å². The van der Waals surface area contributed by atoms with Crippen LogP contribution < -0.4 is 11.1 Å². The molecule has 7 nitrogen and oxygen atoms in total. The normalized spacial score (nSPS) is 17.6. The maximum Gasteiger partial charge on any atom is 0.408 e. The summed E-state index contributed by atoms with van der Waals surface area (Å²) in [6.45, 7) is 3.11. The summed E-state index contributed by atoms with van der Waals surface area (Å²) in [5, 5.41) is 1.79. The van der Waals surface area contributed by atoms with Gasteiger partial charge in [0.25, 0.3) is 18.2 Å². The fourth-order valence-electron chi connectivity index (χ4n) is 3.35. The maximum atomic E-state index is 13.8. The second-order valence-electron chi connectivity index (χ2n) is 7.42. The molecule has 2 aromatic heterocycles.